The average molecular weight is 1180 g/mol. The molecule has 4 amide bonds. The van der Waals surface area contributed by atoms with Crippen molar-refractivity contribution >= 4 is 128 Å². The number of nitrogens with two attached hydrogens (primary N) is 1. The molecule has 0 bridgehead atoms. The monoisotopic (exact) mass is 1180 g/mol. The second-order valence-electron chi connectivity index (χ2n) is 23.7. The maximum absolute atomic E-state index is 14.2. The molecule has 0 aromatic heterocycles. The van der Waals surface area contributed by atoms with Crippen molar-refractivity contribution in [2.75, 3.05) is 18.8 Å². The summed E-state index contributed by atoms with van der Waals surface area (Å²) in [5.41, 5.74) is 6.66. The molecule has 18 nitrogen and oxygen atoms in total. The molecule has 6 unspecified atom stereocenters. The van der Waals surface area contributed by atoms with Crippen LogP contribution < -0.4 is 27.0 Å². The zero-order valence-electron chi connectivity index (χ0n) is 51.0. The molecule has 26 heteroatoms. The molecule has 0 aliphatic carbocycles. The fourth-order valence-electron chi connectivity index (χ4n) is 9.28. The van der Waals surface area contributed by atoms with E-state index in [9.17, 15) is 57.5 Å². The summed E-state index contributed by atoms with van der Waals surface area (Å²) in [7, 11) is 20.9. The summed E-state index contributed by atoms with van der Waals surface area (Å²) in [4.78, 5) is 160. The van der Waals surface area contributed by atoms with Gasteiger partial charge in [-0.15, -0.1) is 0 Å². The van der Waals surface area contributed by atoms with Gasteiger partial charge in [0.05, 0.1) is 12.6 Å². The second kappa shape index (κ2) is 38.4. The number of hydrogen-bond donors (Lipinski definition) is 5. The summed E-state index contributed by atoms with van der Waals surface area (Å²) in [6.07, 6.45) is -1.91. The van der Waals surface area contributed by atoms with Gasteiger partial charge in [-0.25, -0.2) is 0 Å². The molecule has 0 heterocycles. The summed E-state index contributed by atoms with van der Waals surface area (Å²) in [5.74, 6) is -10.2. The Morgan fingerprint density at radius 1 is 0.576 bits per heavy atom. The maximum atomic E-state index is 14.2. The number of Topliss-reactive ketones (excluding diaryl/α,β-unsaturated/α-hetero) is 7. The number of benzene rings is 2. The van der Waals surface area contributed by atoms with Crippen molar-refractivity contribution in [1.29, 1.82) is 0 Å². The first-order chi connectivity index (χ1) is 39.9. The molecule has 6 atom stereocenters. The number of amides is 4. The van der Waals surface area contributed by atoms with E-state index in [1.165, 1.54) is 19.0 Å². The summed E-state index contributed by atoms with van der Waals surface area (Å²) < 4.78 is 5.34. The first kappa shape index (κ1) is 75.3. The Kier molecular flexibility index (Phi) is 34.0. The van der Waals surface area contributed by atoms with Gasteiger partial charge in [0.2, 0.25) is 11.8 Å². The predicted octanol–water partition coefficient (Wildman–Crippen LogP) is 3.11. The molecule has 8 radical (unpaired) electrons. The van der Waals surface area contributed by atoms with E-state index >= 15 is 0 Å². The van der Waals surface area contributed by atoms with Crippen molar-refractivity contribution in [3.05, 3.63) is 71.8 Å². The Hall–Kier alpha value is -5.76. The van der Waals surface area contributed by atoms with Gasteiger partial charge in [-0.2, -0.15) is 0 Å². The van der Waals surface area contributed by atoms with E-state index in [-0.39, 0.29) is 106 Å². The first-order valence-electron chi connectivity index (χ1n) is 29.1. The van der Waals surface area contributed by atoms with Crippen LogP contribution in [0.4, 0.5) is 0 Å². The molecule has 0 saturated carbocycles. The molecule has 2 aromatic rings. The molecule has 0 saturated heterocycles. The van der Waals surface area contributed by atoms with Gasteiger partial charge in [0.1, 0.15) is 29.0 Å². The summed E-state index contributed by atoms with van der Waals surface area (Å²) in [6, 6.07) is 17.0. The molecule has 85 heavy (non-hydrogen) atoms. The van der Waals surface area contributed by atoms with Crippen LogP contribution in [0.5, 0.6) is 0 Å². The Labute approximate surface area is 510 Å². The van der Waals surface area contributed by atoms with Gasteiger partial charge in [-0.3, -0.25) is 38.4 Å². The van der Waals surface area contributed by atoms with Gasteiger partial charge < -0.3 is 25.9 Å². The minimum atomic E-state index is -2.35. The molecule has 0 fully saturated rings. The van der Waals surface area contributed by atoms with Crippen LogP contribution in [-0.2, 0) is 75.1 Å². The third kappa shape index (κ3) is 30.4. The van der Waals surface area contributed by atoms with Crippen LogP contribution in [-0.4, -0.2) is 161 Å². The number of nitrogens with one attached hydrogen (secondary N) is 4. The fraction of sp³-hybridized carbons (Fsp3) is 0.593. The van der Waals surface area contributed by atoms with Crippen LogP contribution in [0.15, 0.2) is 60.7 Å². The van der Waals surface area contributed by atoms with Crippen LogP contribution >= 0.6 is 8.73 Å². The number of carbonyl (C=O) groups excluding carboxylic acids is 12. The number of ether oxygens (including phenoxy) is 1. The van der Waals surface area contributed by atoms with Crippen LogP contribution in [0.1, 0.15) is 150 Å². The van der Waals surface area contributed by atoms with Crippen molar-refractivity contribution in [2.45, 2.75) is 175 Å². The molecule has 450 valence electrons. The van der Waals surface area contributed by atoms with E-state index in [0.717, 1.165) is 5.56 Å². The predicted molar refractivity (Wildman–Crippen MR) is 338 cm³/mol. The first-order valence-corrected chi connectivity index (χ1v) is 31.1. The zero-order chi connectivity index (χ0) is 64.0. The van der Waals surface area contributed by atoms with Gasteiger partial charge in [-0.05, 0) is 64.9 Å². The van der Waals surface area contributed by atoms with Crippen molar-refractivity contribution in [1.82, 2.24) is 21.3 Å². The third-order valence-electron chi connectivity index (χ3n) is 13.9. The molecule has 0 aliphatic rings. The number of ketones is 7. The van der Waals surface area contributed by atoms with E-state index in [0.29, 0.717) is 12.0 Å². The quantitative estimate of drug-likeness (QED) is 0.0473. The third-order valence-corrected chi connectivity index (χ3v) is 16.8. The van der Waals surface area contributed by atoms with Crippen LogP contribution in [0.3, 0.4) is 0 Å². The molecular formula is C59H84B7N5O13S. The Balaban J connectivity index is 2.31. The molecule has 2 aromatic carbocycles. The van der Waals surface area contributed by atoms with Crippen molar-refractivity contribution < 1.29 is 62.3 Å². The van der Waals surface area contributed by atoms with Gasteiger partial charge >= 0.3 is 181 Å². The molecule has 0 spiro atoms. The standard InChI is InChI=1S/C59H84B7N5O13S/c1-37(2)27-43(56(81)69-35-47(75)36-85(64-60,65-61)66(62)63)33-53(78)50(30-41-17-13-10-14-18-41)70-55(80)26-24-51(76)42(31-45(73)21-22-48(67)58(83)84-59(6,7)8)20-25-54(79)68-34-46(74)32-44(29-40-15-11-9-12-16-40)57(82)71-49(28-38(3)4)52(77)23-19-39(5)72/h9-18,37-38,42-44,48-50H,19-36,67H2,1-8H3,(H,68,79)(H,69,81)(H,70,80)(H,71,82). The summed E-state index contributed by atoms with van der Waals surface area (Å²) in [5, 5.41) is 10.7. The van der Waals surface area contributed by atoms with E-state index in [1.54, 1.807) is 81.4 Å². The van der Waals surface area contributed by atoms with Gasteiger partial charge in [0, 0.05) is 63.2 Å². The van der Waals surface area contributed by atoms with E-state index in [2.05, 4.69) is 21.3 Å². The van der Waals surface area contributed by atoms with Gasteiger partial charge in [0.25, 0.3) is 0 Å². The number of hydrogen-bond acceptors (Lipinski definition) is 14. The second-order valence-corrected chi connectivity index (χ2v) is 26.9. The normalized spacial score (nSPS) is 13.5. The van der Waals surface area contributed by atoms with E-state index in [1.807, 2.05) is 27.7 Å². The van der Waals surface area contributed by atoms with Gasteiger partial charge in [-0.1, -0.05) is 74.5 Å². The zero-order valence-corrected chi connectivity index (χ0v) is 51.8. The minimum absolute atomic E-state index is 0.0195. The summed E-state index contributed by atoms with van der Waals surface area (Å²) in [6.45, 7) is 13.0. The van der Waals surface area contributed by atoms with Crippen molar-refractivity contribution in [2.24, 2.45) is 35.3 Å². The fourth-order valence-corrected chi connectivity index (χ4v) is 10.8. The number of carbonyl (C=O) groups is 12. The Morgan fingerprint density at radius 2 is 1.13 bits per heavy atom. The number of esters is 1. The summed E-state index contributed by atoms with van der Waals surface area (Å²) >= 11 is 0. The number of rotatable bonds is 41. The molecular weight excluding hydrogens is 1090 g/mol. The van der Waals surface area contributed by atoms with E-state index in [4.69, 9.17) is 41.4 Å². The van der Waals surface area contributed by atoms with Crippen molar-refractivity contribution in [3.8, 4) is 0 Å². The van der Waals surface area contributed by atoms with Crippen LogP contribution in [0, 0.1) is 29.6 Å². The molecule has 6 N–H and O–H groups in total. The van der Waals surface area contributed by atoms with Gasteiger partial charge in [0.15, 0.2) is 11.6 Å². The van der Waals surface area contributed by atoms with Crippen LogP contribution in [0.25, 0.3) is 0 Å². The Morgan fingerprint density at radius 3 is 1.67 bits per heavy atom. The average Bonchev–Trinajstić information content (AvgIpc) is 3.51. The van der Waals surface area contributed by atoms with Crippen LogP contribution in [0.2, 0.25) is 0 Å². The molecule has 0 aliphatic heterocycles. The Bertz CT molecular complexity index is 2740. The van der Waals surface area contributed by atoms with E-state index < -0.39 is 140 Å². The SMILES string of the molecule is [B]B=S(=B[B])(CC(=O)CNC(=O)C(CC(=O)C(Cc1ccccc1)NC(=O)CCC(=O)C(CCC(=O)NCC(=O)CC(Cc1ccccc1)C(=O)NC(CC(C)C)C(=O)CCC(C)=O)CC(=O)CCC(N)C(=O)OC(C)(C)C)CC(C)C)B([B])[B]. The topological polar surface area (TPSA) is 288 Å². The van der Waals surface area contributed by atoms with Crippen molar-refractivity contribution in [3.63, 3.8) is 0 Å². The molecule has 2 rings (SSSR count).